The molecule has 0 radical (unpaired) electrons. The van der Waals surface area contributed by atoms with Gasteiger partial charge in [-0.15, -0.1) is 0 Å². The Bertz CT molecular complexity index is 1720. The lowest BCUT2D eigenvalue weighted by Crippen LogP contribution is -2.55. The largest absolute Gasteiger partial charge is 0.492 e. The molecule has 1 heterocycles. The van der Waals surface area contributed by atoms with E-state index < -0.39 is 5.54 Å². The maximum Gasteiger partial charge on any atom is 0.328 e. The molecule has 2 aliphatic rings. The van der Waals surface area contributed by atoms with Crippen molar-refractivity contribution in [1.29, 1.82) is 0 Å². The lowest BCUT2D eigenvalue weighted by molar-refractivity contribution is 0.237. The van der Waals surface area contributed by atoms with Crippen LogP contribution in [0.3, 0.4) is 0 Å². The average molecular weight is 679 g/mol. The lowest BCUT2D eigenvalue weighted by Gasteiger charge is -2.44. The average Bonchev–Trinajstić information content (AvgIpc) is 3.72. The highest BCUT2D eigenvalue weighted by Gasteiger charge is 2.41. The normalized spacial score (nSPS) is 17.9. The van der Waals surface area contributed by atoms with E-state index in [9.17, 15) is 4.79 Å². The predicted molar refractivity (Wildman–Crippen MR) is 209 cm³/mol. The van der Waals surface area contributed by atoms with Crippen LogP contribution in [-0.2, 0) is 5.54 Å². The van der Waals surface area contributed by atoms with Gasteiger partial charge in [0.2, 0.25) is 0 Å². The van der Waals surface area contributed by atoms with Gasteiger partial charge in [-0.25, -0.2) is 4.79 Å². The number of urea groups is 1. The zero-order chi connectivity index (χ0) is 34.9. The van der Waals surface area contributed by atoms with Crippen molar-refractivity contribution in [3.8, 4) is 5.75 Å². The van der Waals surface area contributed by atoms with E-state index in [-0.39, 0.29) is 18.1 Å². The monoisotopic (exact) mass is 678 g/mol. The van der Waals surface area contributed by atoms with Crippen molar-refractivity contribution in [3.63, 3.8) is 0 Å². The van der Waals surface area contributed by atoms with Crippen LogP contribution in [0.2, 0.25) is 0 Å². The maximum absolute atomic E-state index is 14.7. The number of benzene rings is 5. The molecule has 2 amide bonds. The molecular weight excluding hydrogens is 629 g/mol. The molecule has 1 saturated carbocycles. The third kappa shape index (κ3) is 7.88. The number of amides is 2. The first kappa shape index (κ1) is 34.5. The van der Waals surface area contributed by atoms with Gasteiger partial charge < -0.3 is 4.74 Å². The Balaban J connectivity index is 1.22. The molecule has 1 aliphatic carbocycles. The summed E-state index contributed by atoms with van der Waals surface area (Å²) in [5, 5.41) is 4.24. The third-order valence-electron chi connectivity index (χ3n) is 10.7. The second kappa shape index (κ2) is 16.4. The first-order chi connectivity index (χ1) is 25.1. The molecule has 0 unspecified atom stereocenters. The van der Waals surface area contributed by atoms with Crippen molar-refractivity contribution in [2.45, 2.75) is 56.1 Å². The molecular formula is C45H50N4O2. The summed E-state index contributed by atoms with van der Waals surface area (Å²) in [5.74, 6) is 0.800. The van der Waals surface area contributed by atoms with E-state index in [0.717, 1.165) is 62.4 Å². The molecule has 1 N–H and O–H groups in total. The van der Waals surface area contributed by atoms with Crippen LogP contribution in [-0.4, -0.2) is 56.3 Å². The zero-order valence-electron chi connectivity index (χ0n) is 29.7. The fraction of sp³-hybridized carbons (Fsp3) is 0.311. The number of para-hydroxylation sites is 1. The summed E-state index contributed by atoms with van der Waals surface area (Å²) < 4.78 is 6.30. The number of carbonyl (C=O) groups excluding carboxylic acids is 1. The molecule has 6 nitrogen and oxygen atoms in total. The van der Waals surface area contributed by atoms with E-state index >= 15 is 0 Å². The predicted octanol–water partition coefficient (Wildman–Crippen LogP) is 9.12. The quantitative estimate of drug-likeness (QED) is 0.134. The second-order valence-electron chi connectivity index (χ2n) is 14.0. The molecule has 7 rings (SSSR count). The summed E-state index contributed by atoms with van der Waals surface area (Å²) >= 11 is 0. The van der Waals surface area contributed by atoms with Crippen molar-refractivity contribution >= 4 is 17.4 Å². The molecule has 1 saturated heterocycles. The number of anilines is 2. The fourth-order valence-electron chi connectivity index (χ4n) is 8.07. The summed E-state index contributed by atoms with van der Waals surface area (Å²) in [7, 11) is 1.88. The third-order valence-corrected chi connectivity index (χ3v) is 10.7. The van der Waals surface area contributed by atoms with Gasteiger partial charge in [0.1, 0.15) is 12.4 Å². The van der Waals surface area contributed by atoms with Crippen LogP contribution in [0, 0.1) is 0 Å². The molecule has 2 atom stereocenters. The molecule has 262 valence electrons. The Kier molecular flexibility index (Phi) is 11.1. The fourth-order valence-corrected chi connectivity index (χ4v) is 8.07. The number of hydrogen-bond donors (Lipinski definition) is 1. The Labute approximate surface area is 303 Å². The van der Waals surface area contributed by atoms with Crippen molar-refractivity contribution < 1.29 is 9.53 Å². The van der Waals surface area contributed by atoms with Crippen molar-refractivity contribution in [3.05, 3.63) is 162 Å². The smallest absolute Gasteiger partial charge is 0.328 e. The number of likely N-dealkylation sites (tertiary alicyclic amines) is 1. The molecule has 0 aromatic heterocycles. The van der Waals surface area contributed by atoms with Crippen molar-refractivity contribution in [2.75, 3.05) is 43.1 Å². The highest BCUT2D eigenvalue weighted by molar-refractivity contribution is 6.03. The van der Waals surface area contributed by atoms with E-state index in [4.69, 9.17) is 4.74 Å². The van der Waals surface area contributed by atoms with Gasteiger partial charge in [0.25, 0.3) is 0 Å². The van der Waals surface area contributed by atoms with E-state index in [1.807, 2.05) is 54.4 Å². The summed E-state index contributed by atoms with van der Waals surface area (Å²) in [4.78, 5) is 21.0. The van der Waals surface area contributed by atoms with E-state index in [1.54, 1.807) is 4.90 Å². The Hall–Kier alpha value is -4.91. The standard InChI is InChI=1S/C45H50N4O2/c1-47(40-25-12-5-13-26-40)44(50)49(42-28-17-29-43(35-42)51-33-32-48-30-14-15-31-48)41-27-16-24-39(34-41)46-45(36-18-6-2-7-19-36,37-20-8-3-9-21-37)38-22-10-4-11-23-38/h2-13,17-23,25-26,28-29,35,39,41,46H,14-16,24,27,30-34H2,1H3/t39-,41+/m0/s1. The number of hydrogen-bond acceptors (Lipinski definition) is 4. The molecule has 51 heavy (non-hydrogen) atoms. The minimum atomic E-state index is -0.574. The molecule has 0 bridgehead atoms. The van der Waals surface area contributed by atoms with Crippen LogP contribution in [0.5, 0.6) is 5.75 Å². The van der Waals surface area contributed by atoms with Crippen LogP contribution in [0.4, 0.5) is 16.2 Å². The van der Waals surface area contributed by atoms with Gasteiger partial charge in [-0.05, 0) is 92.6 Å². The number of ether oxygens (including phenoxy) is 1. The van der Waals surface area contributed by atoms with Gasteiger partial charge in [0.15, 0.2) is 0 Å². The highest BCUT2D eigenvalue weighted by atomic mass is 16.5. The van der Waals surface area contributed by atoms with Crippen LogP contribution < -0.4 is 19.9 Å². The van der Waals surface area contributed by atoms with Crippen molar-refractivity contribution in [2.24, 2.45) is 0 Å². The van der Waals surface area contributed by atoms with Crippen LogP contribution >= 0.6 is 0 Å². The summed E-state index contributed by atoms with van der Waals surface area (Å²) in [5.41, 5.74) is 4.75. The number of carbonyl (C=O) groups is 1. The Morgan fingerprint density at radius 3 is 1.84 bits per heavy atom. The van der Waals surface area contributed by atoms with Crippen LogP contribution in [0.1, 0.15) is 55.2 Å². The van der Waals surface area contributed by atoms with Crippen molar-refractivity contribution in [1.82, 2.24) is 10.2 Å². The summed E-state index contributed by atoms with van der Waals surface area (Å²) in [6.07, 6.45) is 6.27. The first-order valence-electron chi connectivity index (χ1n) is 18.6. The van der Waals surface area contributed by atoms with E-state index in [1.165, 1.54) is 29.5 Å². The topological polar surface area (TPSA) is 48.1 Å². The molecule has 0 spiro atoms. The van der Waals surface area contributed by atoms with Gasteiger partial charge in [-0.3, -0.25) is 20.0 Å². The van der Waals surface area contributed by atoms with Gasteiger partial charge in [0, 0.05) is 43.1 Å². The first-order valence-corrected chi connectivity index (χ1v) is 18.6. The number of rotatable bonds is 12. The van der Waals surface area contributed by atoms with Gasteiger partial charge in [-0.2, -0.15) is 0 Å². The molecule has 5 aromatic rings. The Morgan fingerprint density at radius 2 is 1.25 bits per heavy atom. The van der Waals surface area contributed by atoms with E-state index in [2.05, 4.69) is 113 Å². The maximum atomic E-state index is 14.7. The minimum Gasteiger partial charge on any atom is -0.492 e. The molecule has 2 fully saturated rings. The summed E-state index contributed by atoms with van der Waals surface area (Å²) in [6, 6.07) is 50.5. The van der Waals surface area contributed by atoms with Crippen LogP contribution in [0.25, 0.3) is 0 Å². The molecule has 5 aromatic carbocycles. The van der Waals surface area contributed by atoms with Gasteiger partial charge in [-0.1, -0.05) is 115 Å². The SMILES string of the molecule is CN(C(=O)N(c1cccc(OCCN2CCCC2)c1)[C@@H]1CCC[C@H](NC(c2ccccc2)(c2ccccc2)c2ccccc2)C1)c1ccccc1. The second-order valence-corrected chi connectivity index (χ2v) is 14.0. The molecule has 1 aliphatic heterocycles. The number of nitrogens with one attached hydrogen (secondary N) is 1. The lowest BCUT2D eigenvalue weighted by atomic mass is 9.75. The minimum absolute atomic E-state index is 0.0187. The number of nitrogens with zero attached hydrogens (tertiary/aromatic N) is 3. The molecule has 6 heteroatoms. The van der Waals surface area contributed by atoms with Gasteiger partial charge in [0.05, 0.1) is 5.54 Å². The van der Waals surface area contributed by atoms with Gasteiger partial charge >= 0.3 is 6.03 Å². The zero-order valence-corrected chi connectivity index (χ0v) is 29.7. The van der Waals surface area contributed by atoms with Crippen LogP contribution in [0.15, 0.2) is 146 Å². The Morgan fingerprint density at radius 1 is 0.706 bits per heavy atom. The summed E-state index contributed by atoms with van der Waals surface area (Å²) in [6.45, 7) is 3.85. The highest BCUT2D eigenvalue weighted by Crippen LogP contribution is 2.40. The van der Waals surface area contributed by atoms with E-state index in [0.29, 0.717) is 6.61 Å².